The Morgan fingerprint density at radius 2 is 2.13 bits per heavy atom. The molecule has 0 saturated heterocycles. The third-order valence-corrected chi connectivity index (χ3v) is 4.24. The summed E-state index contributed by atoms with van der Waals surface area (Å²) >= 11 is 1.44. The van der Waals surface area contributed by atoms with Gasteiger partial charge in [-0.25, -0.2) is 4.98 Å². The van der Waals surface area contributed by atoms with Crippen molar-refractivity contribution in [1.82, 2.24) is 14.9 Å². The Balaban J connectivity index is 1.55. The van der Waals surface area contributed by atoms with Crippen LogP contribution in [0.3, 0.4) is 0 Å². The number of nitrogens with zero attached hydrogens (tertiary/aromatic N) is 2. The van der Waals surface area contributed by atoms with E-state index in [4.69, 9.17) is 4.74 Å². The molecule has 0 spiro atoms. The first kappa shape index (κ1) is 15.3. The van der Waals surface area contributed by atoms with Crippen molar-refractivity contribution in [1.29, 1.82) is 0 Å². The Morgan fingerprint density at radius 3 is 2.91 bits per heavy atom. The van der Waals surface area contributed by atoms with Crippen molar-refractivity contribution in [3.8, 4) is 10.9 Å². The van der Waals surface area contributed by atoms with Crippen molar-refractivity contribution < 1.29 is 9.53 Å². The van der Waals surface area contributed by atoms with E-state index in [1.807, 2.05) is 53.4 Å². The monoisotopic (exact) mass is 327 g/mol. The van der Waals surface area contributed by atoms with E-state index in [2.05, 4.69) is 10.3 Å². The molecule has 0 fully saturated rings. The largest absolute Gasteiger partial charge is 0.497 e. The van der Waals surface area contributed by atoms with Crippen LogP contribution >= 0.6 is 11.3 Å². The molecule has 0 saturated carbocycles. The summed E-state index contributed by atoms with van der Waals surface area (Å²) in [5.74, 6) is 0.673. The molecule has 0 radical (unpaired) electrons. The average molecular weight is 327 g/mol. The fraction of sp³-hybridized carbons (Fsp3) is 0.176. The van der Waals surface area contributed by atoms with Crippen LogP contribution in [-0.2, 0) is 6.42 Å². The van der Waals surface area contributed by atoms with E-state index in [-0.39, 0.29) is 5.91 Å². The van der Waals surface area contributed by atoms with E-state index in [0.29, 0.717) is 12.2 Å². The van der Waals surface area contributed by atoms with Crippen LogP contribution in [0.1, 0.15) is 16.1 Å². The van der Waals surface area contributed by atoms with Gasteiger partial charge in [-0.3, -0.25) is 4.79 Å². The number of carbonyl (C=O) groups excluding carboxylic acids is 1. The highest BCUT2D eigenvalue weighted by Crippen LogP contribution is 2.15. The second kappa shape index (κ2) is 7.11. The third kappa shape index (κ3) is 3.78. The molecule has 0 atom stereocenters. The molecule has 5 nitrogen and oxygen atoms in total. The molecule has 23 heavy (non-hydrogen) atoms. The normalized spacial score (nSPS) is 10.5. The molecule has 3 rings (SSSR count). The summed E-state index contributed by atoms with van der Waals surface area (Å²) in [6, 6.07) is 11.7. The summed E-state index contributed by atoms with van der Waals surface area (Å²) in [7, 11) is 1.64. The zero-order valence-electron chi connectivity index (χ0n) is 12.7. The maximum Gasteiger partial charge on any atom is 0.270 e. The van der Waals surface area contributed by atoms with Gasteiger partial charge < -0.3 is 14.6 Å². The Bertz CT molecular complexity index is 781. The molecule has 0 aliphatic carbocycles. The number of ether oxygens (including phenoxy) is 1. The van der Waals surface area contributed by atoms with Crippen LogP contribution in [0.25, 0.3) is 5.13 Å². The number of methoxy groups -OCH3 is 1. The fourth-order valence-corrected chi connectivity index (χ4v) is 2.96. The van der Waals surface area contributed by atoms with Gasteiger partial charge in [-0.1, -0.05) is 12.1 Å². The van der Waals surface area contributed by atoms with Crippen molar-refractivity contribution in [3.05, 3.63) is 65.4 Å². The number of benzene rings is 1. The quantitative estimate of drug-likeness (QED) is 0.757. The zero-order valence-corrected chi connectivity index (χ0v) is 13.5. The van der Waals surface area contributed by atoms with Crippen LogP contribution in [-0.4, -0.2) is 29.1 Å². The Morgan fingerprint density at radius 1 is 1.30 bits per heavy atom. The minimum atomic E-state index is -0.150. The summed E-state index contributed by atoms with van der Waals surface area (Å²) < 4.78 is 7.08. The molecule has 2 aromatic heterocycles. The van der Waals surface area contributed by atoms with Gasteiger partial charge in [-0.15, -0.1) is 11.3 Å². The molecule has 118 valence electrons. The second-order valence-electron chi connectivity index (χ2n) is 4.96. The number of hydrogen-bond acceptors (Lipinski definition) is 4. The van der Waals surface area contributed by atoms with E-state index in [1.54, 1.807) is 12.5 Å². The molecule has 1 N–H and O–H groups in total. The molecular weight excluding hydrogens is 310 g/mol. The summed E-state index contributed by atoms with van der Waals surface area (Å²) in [4.78, 5) is 16.5. The molecule has 1 aromatic carbocycles. The van der Waals surface area contributed by atoms with Gasteiger partial charge in [0.05, 0.1) is 7.11 Å². The Kier molecular flexibility index (Phi) is 4.73. The number of aromatic nitrogens is 2. The van der Waals surface area contributed by atoms with Gasteiger partial charge in [0.15, 0.2) is 5.13 Å². The van der Waals surface area contributed by atoms with Crippen LogP contribution in [0.4, 0.5) is 0 Å². The van der Waals surface area contributed by atoms with Gasteiger partial charge in [0.2, 0.25) is 0 Å². The van der Waals surface area contributed by atoms with Crippen molar-refractivity contribution in [3.63, 3.8) is 0 Å². The number of hydrogen-bond donors (Lipinski definition) is 1. The van der Waals surface area contributed by atoms with Crippen LogP contribution in [0, 0.1) is 0 Å². The molecule has 3 aromatic rings. The highest BCUT2D eigenvalue weighted by Gasteiger charge is 2.11. The first-order valence-electron chi connectivity index (χ1n) is 7.26. The van der Waals surface area contributed by atoms with Crippen molar-refractivity contribution in [2.45, 2.75) is 6.42 Å². The average Bonchev–Trinajstić information content (AvgIpc) is 3.26. The summed E-state index contributed by atoms with van der Waals surface area (Å²) in [6.07, 6.45) is 4.56. The van der Waals surface area contributed by atoms with Gasteiger partial charge in [0, 0.05) is 24.3 Å². The smallest absolute Gasteiger partial charge is 0.270 e. The van der Waals surface area contributed by atoms with Gasteiger partial charge in [-0.2, -0.15) is 0 Å². The van der Waals surface area contributed by atoms with Gasteiger partial charge in [0.1, 0.15) is 11.4 Å². The van der Waals surface area contributed by atoms with E-state index in [9.17, 15) is 4.79 Å². The predicted molar refractivity (Wildman–Crippen MR) is 90.5 cm³/mol. The first-order chi connectivity index (χ1) is 11.3. The number of amides is 1. The molecule has 1 amide bonds. The van der Waals surface area contributed by atoms with Crippen molar-refractivity contribution in [2.24, 2.45) is 0 Å². The van der Waals surface area contributed by atoms with E-state index in [1.165, 1.54) is 11.3 Å². The van der Waals surface area contributed by atoms with Crippen LogP contribution in [0.5, 0.6) is 5.75 Å². The Hall–Kier alpha value is -2.60. The van der Waals surface area contributed by atoms with Crippen LogP contribution in [0.2, 0.25) is 0 Å². The molecular formula is C17H17N3O2S. The lowest BCUT2D eigenvalue weighted by Gasteiger charge is -2.05. The number of nitrogens with one attached hydrogen (secondary N) is 1. The summed E-state index contributed by atoms with van der Waals surface area (Å²) in [5, 5.41) is 5.46. The number of rotatable bonds is 6. The highest BCUT2D eigenvalue weighted by molar-refractivity contribution is 7.12. The topological polar surface area (TPSA) is 56.1 Å². The maximum absolute atomic E-state index is 12.1. The standard InChI is InChI=1S/C17H17N3O2S/c1-22-14-6-4-5-13(11-14)7-8-18-16(21)15-12-23-17(19-15)20-9-2-3-10-20/h2-6,9-12H,7-8H2,1H3,(H,18,21). The third-order valence-electron chi connectivity index (χ3n) is 3.38. The van der Waals surface area contributed by atoms with Crippen LogP contribution < -0.4 is 10.1 Å². The lowest BCUT2D eigenvalue weighted by molar-refractivity contribution is 0.0950. The predicted octanol–water partition coefficient (Wildman–Crippen LogP) is 2.91. The molecule has 0 unspecified atom stereocenters. The molecule has 2 heterocycles. The van der Waals surface area contributed by atoms with E-state index in [0.717, 1.165) is 22.9 Å². The zero-order chi connectivity index (χ0) is 16.1. The minimum absolute atomic E-state index is 0.150. The first-order valence-corrected chi connectivity index (χ1v) is 8.14. The fourth-order valence-electron chi connectivity index (χ4n) is 2.19. The molecule has 0 aliphatic heterocycles. The number of carbonyl (C=O) groups is 1. The molecule has 0 aliphatic rings. The summed E-state index contributed by atoms with van der Waals surface area (Å²) in [5.41, 5.74) is 1.57. The van der Waals surface area contributed by atoms with E-state index >= 15 is 0 Å². The molecule has 6 heteroatoms. The van der Waals surface area contributed by atoms with E-state index < -0.39 is 0 Å². The van der Waals surface area contributed by atoms with Crippen molar-refractivity contribution in [2.75, 3.05) is 13.7 Å². The van der Waals surface area contributed by atoms with Crippen molar-refractivity contribution >= 4 is 17.2 Å². The molecule has 0 bridgehead atoms. The maximum atomic E-state index is 12.1. The van der Waals surface area contributed by atoms with Crippen LogP contribution in [0.15, 0.2) is 54.2 Å². The SMILES string of the molecule is COc1cccc(CCNC(=O)c2csc(-n3cccc3)n2)c1. The van der Waals surface area contributed by atoms with Gasteiger partial charge >= 0.3 is 0 Å². The Labute approximate surface area is 138 Å². The van der Waals surface area contributed by atoms with Gasteiger partial charge in [0.25, 0.3) is 5.91 Å². The summed E-state index contributed by atoms with van der Waals surface area (Å²) in [6.45, 7) is 0.558. The highest BCUT2D eigenvalue weighted by atomic mass is 32.1. The second-order valence-corrected chi connectivity index (χ2v) is 5.80. The lowest BCUT2D eigenvalue weighted by Crippen LogP contribution is -2.26. The lowest BCUT2D eigenvalue weighted by atomic mass is 10.1. The minimum Gasteiger partial charge on any atom is -0.497 e. The number of thiazole rings is 1. The van der Waals surface area contributed by atoms with Gasteiger partial charge in [-0.05, 0) is 36.2 Å².